The minimum absolute atomic E-state index is 0.0947. The van der Waals surface area contributed by atoms with Gasteiger partial charge in [0, 0.05) is 38.0 Å². The molecule has 1 N–H and O–H groups in total. The lowest BCUT2D eigenvalue weighted by Crippen LogP contribution is -2.42. The zero-order chi connectivity index (χ0) is 14.4. The number of likely N-dealkylation sites (tertiary alicyclic amines) is 1. The number of carbonyl (C=O) groups is 1. The zero-order valence-electron chi connectivity index (χ0n) is 11.6. The monoisotopic (exact) mass is 280 g/mol. The van der Waals surface area contributed by atoms with Gasteiger partial charge in [-0.2, -0.15) is 0 Å². The molecule has 6 heteroatoms. The maximum absolute atomic E-state index is 12.3. The van der Waals surface area contributed by atoms with E-state index in [0.29, 0.717) is 37.7 Å². The average molecular weight is 280 g/mol. The molecule has 0 radical (unpaired) electrons. The minimum Gasteiger partial charge on any atom is -0.475 e. The summed E-state index contributed by atoms with van der Waals surface area (Å²) in [4.78, 5) is 18.1. The van der Waals surface area contributed by atoms with Crippen LogP contribution >= 0.6 is 0 Å². The Bertz CT molecular complexity index is 453. The maximum Gasteiger partial charge on any atom is 0.254 e. The van der Waals surface area contributed by atoms with Crippen LogP contribution < -0.4 is 4.74 Å². The number of aromatic nitrogens is 1. The van der Waals surface area contributed by atoms with Crippen molar-refractivity contribution in [2.45, 2.75) is 18.9 Å². The van der Waals surface area contributed by atoms with E-state index in [4.69, 9.17) is 9.47 Å². The molecule has 0 bridgehead atoms. The molecular weight excluding hydrogens is 260 g/mol. The molecule has 1 aliphatic heterocycles. The quantitative estimate of drug-likeness (QED) is 0.804. The third-order valence-corrected chi connectivity index (χ3v) is 3.20. The standard InChI is InChI=1S/C14H20N2O4/c1-19-7-8-20-13-9-11(4-5-15-13)14(18)16-6-2-3-12(17)10-16/h4-5,9,12,17H,2-3,6-8,10H2,1H3. The fourth-order valence-electron chi connectivity index (χ4n) is 2.17. The van der Waals surface area contributed by atoms with E-state index < -0.39 is 6.10 Å². The molecule has 1 aliphatic rings. The molecule has 20 heavy (non-hydrogen) atoms. The van der Waals surface area contributed by atoms with Crippen molar-refractivity contribution in [3.63, 3.8) is 0 Å². The zero-order valence-corrected chi connectivity index (χ0v) is 11.6. The highest BCUT2D eigenvalue weighted by Gasteiger charge is 2.23. The number of pyridine rings is 1. The van der Waals surface area contributed by atoms with Gasteiger partial charge in [0.2, 0.25) is 5.88 Å². The molecule has 0 saturated carbocycles. The van der Waals surface area contributed by atoms with E-state index in [1.807, 2.05) is 0 Å². The summed E-state index contributed by atoms with van der Waals surface area (Å²) in [5.74, 6) is 0.313. The molecule has 1 amide bonds. The number of ether oxygens (including phenoxy) is 2. The van der Waals surface area contributed by atoms with Gasteiger partial charge in [-0.15, -0.1) is 0 Å². The second-order valence-electron chi connectivity index (χ2n) is 4.77. The number of β-amino-alcohol motifs (C(OH)–C–C–N with tert-alkyl or cyclic N) is 1. The first-order valence-corrected chi connectivity index (χ1v) is 6.76. The van der Waals surface area contributed by atoms with Gasteiger partial charge in [-0.1, -0.05) is 0 Å². The van der Waals surface area contributed by atoms with Crippen LogP contribution in [0, 0.1) is 0 Å². The number of aliphatic hydroxyl groups excluding tert-OH is 1. The highest BCUT2D eigenvalue weighted by Crippen LogP contribution is 2.16. The van der Waals surface area contributed by atoms with Gasteiger partial charge in [-0.05, 0) is 18.9 Å². The SMILES string of the molecule is COCCOc1cc(C(=O)N2CCCC(O)C2)ccn1. The van der Waals surface area contributed by atoms with Gasteiger partial charge in [0.15, 0.2) is 0 Å². The van der Waals surface area contributed by atoms with Crippen molar-refractivity contribution in [1.82, 2.24) is 9.88 Å². The average Bonchev–Trinajstić information content (AvgIpc) is 2.47. The molecule has 0 aromatic carbocycles. The summed E-state index contributed by atoms with van der Waals surface area (Å²) >= 11 is 0. The maximum atomic E-state index is 12.3. The van der Waals surface area contributed by atoms with Crippen molar-refractivity contribution >= 4 is 5.91 Å². The Labute approximate surface area is 118 Å². The first kappa shape index (κ1) is 14.7. The number of hydrogen-bond donors (Lipinski definition) is 1. The lowest BCUT2D eigenvalue weighted by Gasteiger charge is -2.30. The molecule has 2 heterocycles. The fourth-order valence-corrected chi connectivity index (χ4v) is 2.17. The van der Waals surface area contributed by atoms with Crippen LogP contribution in [0.25, 0.3) is 0 Å². The Morgan fingerprint density at radius 1 is 1.55 bits per heavy atom. The van der Waals surface area contributed by atoms with Gasteiger partial charge in [-0.3, -0.25) is 4.79 Å². The number of methoxy groups -OCH3 is 1. The first-order valence-electron chi connectivity index (χ1n) is 6.76. The van der Waals surface area contributed by atoms with Crippen LogP contribution in [-0.2, 0) is 4.74 Å². The van der Waals surface area contributed by atoms with Crippen molar-refractivity contribution in [3.05, 3.63) is 23.9 Å². The van der Waals surface area contributed by atoms with Gasteiger partial charge >= 0.3 is 0 Å². The van der Waals surface area contributed by atoms with Crippen molar-refractivity contribution in [3.8, 4) is 5.88 Å². The molecular formula is C14H20N2O4. The van der Waals surface area contributed by atoms with Crippen LogP contribution in [0.2, 0.25) is 0 Å². The van der Waals surface area contributed by atoms with Crippen molar-refractivity contribution < 1.29 is 19.4 Å². The van der Waals surface area contributed by atoms with Crippen LogP contribution in [0.3, 0.4) is 0 Å². The van der Waals surface area contributed by atoms with Crippen LogP contribution in [0.1, 0.15) is 23.2 Å². The Hall–Kier alpha value is -1.66. The summed E-state index contributed by atoms with van der Waals surface area (Å²) < 4.78 is 10.3. The molecule has 1 saturated heterocycles. The predicted octanol–water partition coefficient (Wildman–Crippen LogP) is 0.704. The van der Waals surface area contributed by atoms with Gasteiger partial charge in [0.25, 0.3) is 5.91 Å². The number of hydrogen-bond acceptors (Lipinski definition) is 5. The van der Waals surface area contributed by atoms with E-state index in [1.165, 1.54) is 0 Å². The lowest BCUT2D eigenvalue weighted by atomic mass is 10.1. The molecule has 2 rings (SSSR count). The largest absolute Gasteiger partial charge is 0.475 e. The van der Waals surface area contributed by atoms with Gasteiger partial charge < -0.3 is 19.5 Å². The van der Waals surface area contributed by atoms with Crippen LogP contribution in [0.15, 0.2) is 18.3 Å². The van der Waals surface area contributed by atoms with E-state index >= 15 is 0 Å². The molecule has 1 atom stereocenters. The predicted molar refractivity (Wildman–Crippen MR) is 72.8 cm³/mol. The second-order valence-corrected chi connectivity index (χ2v) is 4.77. The fraction of sp³-hybridized carbons (Fsp3) is 0.571. The highest BCUT2D eigenvalue weighted by atomic mass is 16.5. The Morgan fingerprint density at radius 2 is 2.40 bits per heavy atom. The molecule has 1 unspecified atom stereocenters. The van der Waals surface area contributed by atoms with Gasteiger partial charge in [0.05, 0.1) is 12.7 Å². The normalized spacial score (nSPS) is 18.9. The number of carbonyl (C=O) groups excluding carboxylic acids is 1. The number of amides is 1. The van der Waals surface area contributed by atoms with E-state index in [2.05, 4.69) is 4.98 Å². The van der Waals surface area contributed by atoms with E-state index in [-0.39, 0.29) is 5.91 Å². The topological polar surface area (TPSA) is 71.9 Å². The summed E-state index contributed by atoms with van der Waals surface area (Å²) in [6, 6.07) is 3.28. The lowest BCUT2D eigenvalue weighted by molar-refractivity contribution is 0.0473. The molecule has 1 fully saturated rings. The van der Waals surface area contributed by atoms with Gasteiger partial charge in [0.1, 0.15) is 6.61 Å². The summed E-state index contributed by atoms with van der Waals surface area (Å²) in [6.07, 6.45) is 2.71. The number of piperidine rings is 1. The van der Waals surface area contributed by atoms with Crippen molar-refractivity contribution in [2.75, 3.05) is 33.4 Å². The second kappa shape index (κ2) is 7.21. The Kier molecular flexibility index (Phi) is 5.31. The summed E-state index contributed by atoms with van der Waals surface area (Å²) in [5, 5.41) is 9.63. The summed E-state index contributed by atoms with van der Waals surface area (Å²) in [7, 11) is 1.60. The molecule has 110 valence electrons. The number of nitrogens with zero attached hydrogens (tertiary/aromatic N) is 2. The van der Waals surface area contributed by atoms with Crippen molar-refractivity contribution in [2.24, 2.45) is 0 Å². The molecule has 1 aromatic rings. The summed E-state index contributed by atoms with van der Waals surface area (Å²) in [5.41, 5.74) is 0.529. The van der Waals surface area contributed by atoms with Gasteiger partial charge in [-0.25, -0.2) is 4.98 Å². The van der Waals surface area contributed by atoms with E-state index in [0.717, 1.165) is 12.8 Å². The van der Waals surface area contributed by atoms with Crippen LogP contribution in [0.5, 0.6) is 5.88 Å². The molecule has 6 nitrogen and oxygen atoms in total. The van der Waals surface area contributed by atoms with E-state index in [1.54, 1.807) is 30.3 Å². The number of aliphatic hydroxyl groups is 1. The highest BCUT2D eigenvalue weighted by molar-refractivity contribution is 5.94. The third-order valence-electron chi connectivity index (χ3n) is 3.20. The number of rotatable bonds is 5. The minimum atomic E-state index is -0.424. The molecule has 0 aliphatic carbocycles. The van der Waals surface area contributed by atoms with Crippen LogP contribution in [-0.4, -0.2) is 60.4 Å². The van der Waals surface area contributed by atoms with Crippen LogP contribution in [0.4, 0.5) is 0 Å². The Morgan fingerprint density at radius 3 is 3.15 bits per heavy atom. The smallest absolute Gasteiger partial charge is 0.254 e. The Balaban J connectivity index is 2.00. The third kappa shape index (κ3) is 3.91. The molecule has 0 spiro atoms. The molecule has 1 aromatic heterocycles. The van der Waals surface area contributed by atoms with Crippen molar-refractivity contribution in [1.29, 1.82) is 0 Å². The van der Waals surface area contributed by atoms with E-state index in [9.17, 15) is 9.90 Å². The summed E-state index contributed by atoms with van der Waals surface area (Å²) in [6.45, 7) is 1.93. The first-order chi connectivity index (χ1) is 9.70.